The van der Waals surface area contributed by atoms with Gasteiger partial charge in [-0.1, -0.05) is 98.9 Å². The first-order valence-electron chi connectivity index (χ1n) is 21.7. The summed E-state index contributed by atoms with van der Waals surface area (Å²) in [5.74, 6) is -7.55. The Hall–Kier alpha value is -3.73. The molecule has 3 heterocycles. The van der Waals surface area contributed by atoms with E-state index >= 15 is 0 Å². The Kier molecular flexibility index (Phi) is 23.1. The van der Waals surface area contributed by atoms with E-state index in [2.05, 4.69) is 0 Å². The fraction of sp³-hybridized carbons (Fsp3) is 0.630. The van der Waals surface area contributed by atoms with E-state index in [1.54, 1.807) is 86.8 Å². The van der Waals surface area contributed by atoms with E-state index < -0.39 is 147 Å². The van der Waals surface area contributed by atoms with Crippen molar-refractivity contribution < 1.29 is 84.4 Å². The number of hydrogen-bond acceptors (Lipinski definition) is 17. The molecule has 3 rings (SSSR count). The van der Waals surface area contributed by atoms with Crippen LogP contribution in [0.4, 0.5) is 0 Å². The number of cyclic esters (lactones) is 1. The largest absolute Gasteiger partial charge is 0.481 e. The number of carboxylic acid groups (broad SMARTS) is 1. The number of fused-ring (bicyclic) bond motifs is 2. The molecule has 2 fully saturated rings. The van der Waals surface area contributed by atoms with E-state index in [1.165, 1.54) is 6.08 Å². The predicted molar refractivity (Wildman–Crippen MR) is 231 cm³/mol. The molecule has 0 saturated carbocycles. The average molecular weight is 908 g/mol. The van der Waals surface area contributed by atoms with Crippen LogP contribution in [-0.2, 0) is 33.3 Å². The molecule has 2 saturated heterocycles. The summed E-state index contributed by atoms with van der Waals surface area (Å²) in [5.41, 5.74) is 5.92. The van der Waals surface area contributed by atoms with Crippen LogP contribution in [0.5, 0.6) is 0 Å². The van der Waals surface area contributed by atoms with Crippen molar-refractivity contribution in [2.24, 2.45) is 23.5 Å². The van der Waals surface area contributed by atoms with Gasteiger partial charge < -0.3 is 75.7 Å². The minimum atomic E-state index is -2.37. The zero-order valence-corrected chi connectivity index (χ0v) is 36.6. The molecule has 360 valence electrons. The number of esters is 1. The van der Waals surface area contributed by atoms with Gasteiger partial charge in [-0.15, -0.1) is 0 Å². The van der Waals surface area contributed by atoms with Crippen molar-refractivity contribution in [1.82, 2.24) is 0 Å². The highest BCUT2D eigenvalue weighted by Crippen LogP contribution is 2.38. The van der Waals surface area contributed by atoms with Gasteiger partial charge in [-0.25, -0.2) is 0 Å². The fourth-order valence-corrected chi connectivity index (χ4v) is 7.56. The van der Waals surface area contributed by atoms with Gasteiger partial charge in [-0.3, -0.25) is 14.4 Å². The maximum absolute atomic E-state index is 12.6. The summed E-state index contributed by atoms with van der Waals surface area (Å²) >= 11 is 0. The number of carbonyl (C=O) groups is 3. The molecule has 0 amide bonds. The van der Waals surface area contributed by atoms with Crippen LogP contribution in [0.3, 0.4) is 0 Å². The maximum Gasteiger partial charge on any atom is 0.311 e. The average Bonchev–Trinajstić information content (AvgIpc) is 3.21. The molecular weight excluding hydrogens is 838 g/mol. The summed E-state index contributed by atoms with van der Waals surface area (Å²) in [7, 11) is 0. The molecule has 0 aromatic heterocycles. The van der Waals surface area contributed by atoms with Crippen molar-refractivity contribution in [3.8, 4) is 0 Å². The van der Waals surface area contributed by atoms with Gasteiger partial charge in [0, 0.05) is 43.9 Å². The van der Waals surface area contributed by atoms with E-state index in [0.29, 0.717) is 0 Å². The van der Waals surface area contributed by atoms with Crippen LogP contribution >= 0.6 is 0 Å². The van der Waals surface area contributed by atoms with E-state index in [1.807, 2.05) is 13.0 Å². The third-order valence-corrected chi connectivity index (χ3v) is 11.5. The van der Waals surface area contributed by atoms with Crippen LogP contribution in [-0.4, -0.2) is 161 Å². The molecule has 3 aliphatic rings. The minimum absolute atomic E-state index is 0.200. The molecule has 12 N–H and O–H groups in total. The number of carboxylic acids is 1. The summed E-state index contributed by atoms with van der Waals surface area (Å²) in [5, 5.41) is 107. The van der Waals surface area contributed by atoms with Crippen molar-refractivity contribution in [2.75, 3.05) is 6.61 Å². The summed E-state index contributed by atoms with van der Waals surface area (Å²) in [6, 6.07) is -1.13. The number of carbonyl (C=O) groups excluding carboxylic acids is 2. The molecule has 0 aliphatic carbocycles. The number of aliphatic hydroxyl groups excluding tert-OH is 8. The molecule has 17 atom stereocenters. The Morgan fingerprint density at radius 1 is 0.703 bits per heavy atom. The number of hydrogen-bond donors (Lipinski definition) is 11. The number of aliphatic hydroxyl groups is 9. The van der Waals surface area contributed by atoms with Crippen molar-refractivity contribution in [3.63, 3.8) is 0 Å². The third kappa shape index (κ3) is 18.3. The quantitative estimate of drug-likeness (QED) is 0.172. The number of rotatable bonds is 3. The molecule has 3 aliphatic heterocycles. The van der Waals surface area contributed by atoms with Gasteiger partial charge in [-0.05, 0) is 19.8 Å². The number of Topliss-reactive ketones (excluding diaryl/α,β-unsaturated/α-hetero) is 1. The summed E-state index contributed by atoms with van der Waals surface area (Å²) < 4.78 is 22.8. The van der Waals surface area contributed by atoms with Gasteiger partial charge in [0.25, 0.3) is 0 Å². The third-order valence-electron chi connectivity index (χ3n) is 11.5. The van der Waals surface area contributed by atoms with Crippen molar-refractivity contribution in [1.29, 1.82) is 0 Å². The smallest absolute Gasteiger partial charge is 0.311 e. The number of nitrogens with two attached hydrogens (primary N) is 1. The maximum atomic E-state index is 12.6. The minimum Gasteiger partial charge on any atom is -0.481 e. The van der Waals surface area contributed by atoms with E-state index in [-0.39, 0.29) is 31.8 Å². The van der Waals surface area contributed by atoms with Crippen LogP contribution in [0.25, 0.3) is 0 Å². The highest BCUT2D eigenvalue weighted by Gasteiger charge is 2.51. The Bertz CT molecular complexity index is 1680. The highest BCUT2D eigenvalue weighted by molar-refractivity contribution is 5.80. The first-order valence-corrected chi connectivity index (χ1v) is 21.7. The first kappa shape index (κ1) is 54.6. The fourth-order valence-electron chi connectivity index (χ4n) is 7.56. The molecule has 14 unspecified atom stereocenters. The van der Waals surface area contributed by atoms with Gasteiger partial charge in [0.05, 0.1) is 74.0 Å². The zero-order chi connectivity index (χ0) is 47.6. The molecular formula is C46H69NO17. The van der Waals surface area contributed by atoms with Crippen LogP contribution in [0.1, 0.15) is 72.1 Å². The number of aliphatic carboxylic acids is 1. The second-order valence-corrected chi connectivity index (χ2v) is 17.0. The Balaban J connectivity index is 1.84. The molecule has 0 spiro atoms. The van der Waals surface area contributed by atoms with Crippen molar-refractivity contribution >= 4 is 17.7 Å². The molecule has 64 heavy (non-hydrogen) atoms. The molecule has 18 heteroatoms. The lowest BCUT2D eigenvalue weighted by Crippen LogP contribution is -2.59. The van der Waals surface area contributed by atoms with Crippen LogP contribution in [0.15, 0.2) is 85.1 Å². The molecule has 2 bridgehead atoms. The standard InChI is InChI=1S/C46H69NO17/c1-27-16-14-12-10-8-6-4-5-7-9-11-13-15-17-33(63-45-43(57)41(47)37(54)26-61-45)23-38-40(44(58)59)36(53)25-46(60,64-38)24-35(52)34(51)19-18-30(48)20-31(49)21-32(50)22-39(55)62-29(3)28(2)42(27)56/h4-17,27-30,32-38,40-43,45,48,50-54,56-57,60H,18-26,47H2,1-3H3,(H,58,59)/b5-4+,8-6+,9-7+,12-10+,13-11+,16-14+,17-15+/t27?,28?,29?,30?,32?,33?,34?,35?,36?,37-,38?,40?,41+,42?,43+,45?,46?/m1/s1. The lowest BCUT2D eigenvalue weighted by atomic mass is 9.82. The number of allylic oxidation sites excluding steroid dienone is 12. The van der Waals surface area contributed by atoms with E-state index in [4.69, 9.17) is 24.7 Å². The number of ketones is 1. The normalized spacial score (nSPS) is 43.7. The number of ether oxygens (including phenoxy) is 4. The first-order chi connectivity index (χ1) is 30.2. The summed E-state index contributed by atoms with van der Waals surface area (Å²) in [6.45, 7) is 4.90. The lowest BCUT2D eigenvalue weighted by molar-refractivity contribution is -0.307. The van der Waals surface area contributed by atoms with Gasteiger partial charge in [0.1, 0.15) is 23.9 Å². The van der Waals surface area contributed by atoms with Gasteiger partial charge in [0.2, 0.25) is 0 Å². The Morgan fingerprint density at radius 3 is 1.84 bits per heavy atom. The van der Waals surface area contributed by atoms with Crippen molar-refractivity contribution in [3.05, 3.63) is 85.1 Å². The molecule has 0 aromatic carbocycles. The predicted octanol–water partition coefficient (Wildman–Crippen LogP) is 0.531. The van der Waals surface area contributed by atoms with Crippen LogP contribution < -0.4 is 5.73 Å². The monoisotopic (exact) mass is 907 g/mol. The van der Waals surface area contributed by atoms with E-state index in [0.717, 1.165) is 0 Å². The van der Waals surface area contributed by atoms with Gasteiger partial charge in [-0.2, -0.15) is 0 Å². The zero-order valence-electron chi connectivity index (χ0n) is 36.6. The topological polar surface area (TPSA) is 316 Å². The SMILES string of the molecule is CC1/C=C/C=C/C=C/C=C/C=C/C=C/C=C/C(OC2OC[C@@H](O)[C@H](N)[C@@H]2O)CC2OC(O)(CC(O)C(O)CCC(O)CC(=O)CC(O)CC(=O)OC(C)C(C)C1O)CC(O)C2C(=O)O. The highest BCUT2D eigenvalue weighted by atomic mass is 16.7. The van der Waals surface area contributed by atoms with Gasteiger partial charge in [0.15, 0.2) is 12.1 Å². The Morgan fingerprint density at radius 2 is 1.25 bits per heavy atom. The summed E-state index contributed by atoms with van der Waals surface area (Å²) in [4.78, 5) is 37.6. The molecule has 0 radical (unpaired) electrons. The lowest BCUT2D eigenvalue weighted by Gasteiger charge is -2.45. The second kappa shape index (κ2) is 27.0. The van der Waals surface area contributed by atoms with E-state index in [9.17, 15) is 65.4 Å². The Labute approximate surface area is 374 Å². The van der Waals surface area contributed by atoms with Gasteiger partial charge >= 0.3 is 11.9 Å². The van der Waals surface area contributed by atoms with Crippen LogP contribution in [0.2, 0.25) is 0 Å². The molecule has 18 nitrogen and oxygen atoms in total. The van der Waals surface area contributed by atoms with Crippen molar-refractivity contribution in [2.45, 2.75) is 157 Å². The summed E-state index contributed by atoms with van der Waals surface area (Å²) in [6.07, 6.45) is 4.70. The van der Waals surface area contributed by atoms with Crippen LogP contribution in [0, 0.1) is 17.8 Å². The molecule has 0 aromatic rings. The second-order valence-electron chi connectivity index (χ2n) is 17.0.